The van der Waals surface area contributed by atoms with Crippen molar-refractivity contribution in [1.82, 2.24) is 4.90 Å². The van der Waals surface area contributed by atoms with Gasteiger partial charge in [0.2, 0.25) is 0 Å². The number of rotatable bonds is 5. The van der Waals surface area contributed by atoms with Crippen LogP contribution in [0.2, 0.25) is 0 Å². The Morgan fingerprint density at radius 3 is 2.59 bits per heavy atom. The third kappa shape index (κ3) is 4.08. The zero-order chi connectivity index (χ0) is 19.7. The number of hydrogen-bond acceptors (Lipinski definition) is 3. The molecular weight excluding hydrogens is 378 g/mol. The first kappa shape index (κ1) is 19.5. The van der Waals surface area contributed by atoms with Crippen molar-refractivity contribution in [3.8, 4) is 0 Å². The van der Waals surface area contributed by atoms with Crippen LogP contribution in [-0.2, 0) is 27.6 Å². The van der Waals surface area contributed by atoms with Gasteiger partial charge >= 0.3 is 0 Å². The molecule has 0 amide bonds. The zero-order valence-corrected chi connectivity index (χ0v) is 17.9. The van der Waals surface area contributed by atoms with E-state index in [1.807, 2.05) is 6.07 Å². The molecule has 5 rings (SSSR count). The van der Waals surface area contributed by atoms with Crippen molar-refractivity contribution in [2.24, 2.45) is 5.92 Å². The van der Waals surface area contributed by atoms with Gasteiger partial charge < -0.3 is 9.64 Å². The van der Waals surface area contributed by atoms with E-state index >= 15 is 0 Å². The number of piperidine rings is 1. The van der Waals surface area contributed by atoms with Crippen LogP contribution in [0.3, 0.4) is 0 Å². The van der Waals surface area contributed by atoms with Crippen LogP contribution in [0.5, 0.6) is 0 Å². The van der Waals surface area contributed by atoms with Gasteiger partial charge in [-0.1, -0.05) is 48.5 Å². The highest BCUT2D eigenvalue weighted by atomic mass is 32.2. The van der Waals surface area contributed by atoms with E-state index in [0.717, 1.165) is 49.1 Å². The van der Waals surface area contributed by atoms with E-state index in [0.29, 0.717) is 6.10 Å². The van der Waals surface area contributed by atoms with Gasteiger partial charge in [-0.15, -0.1) is 0 Å². The summed E-state index contributed by atoms with van der Waals surface area (Å²) in [5, 5.41) is 0. The first-order valence-corrected chi connectivity index (χ1v) is 12.4. The first-order valence-electron chi connectivity index (χ1n) is 11.1. The Bertz CT molecular complexity index is 860. The third-order valence-electron chi connectivity index (χ3n) is 7.26. The molecule has 4 heteroatoms. The topological polar surface area (TPSA) is 29.5 Å². The lowest BCUT2D eigenvalue weighted by molar-refractivity contribution is 0.0408. The zero-order valence-electron chi connectivity index (χ0n) is 17.1. The van der Waals surface area contributed by atoms with Crippen molar-refractivity contribution >= 4 is 10.8 Å². The Balaban J connectivity index is 1.11. The molecule has 1 saturated carbocycles. The summed E-state index contributed by atoms with van der Waals surface area (Å²) in [6.07, 6.45) is 6.39. The van der Waals surface area contributed by atoms with Crippen molar-refractivity contribution in [2.75, 3.05) is 25.4 Å². The second kappa shape index (κ2) is 8.33. The van der Waals surface area contributed by atoms with Gasteiger partial charge in [-0.2, -0.15) is 0 Å². The number of ether oxygens (including phenoxy) is 1. The maximum absolute atomic E-state index is 12.6. The monoisotopic (exact) mass is 409 g/mol. The van der Waals surface area contributed by atoms with Crippen LogP contribution in [-0.4, -0.2) is 40.6 Å². The Morgan fingerprint density at radius 1 is 1.00 bits per heavy atom. The molecule has 0 N–H and O–H groups in total. The summed E-state index contributed by atoms with van der Waals surface area (Å²) in [6, 6.07) is 18.9. The van der Waals surface area contributed by atoms with Gasteiger partial charge in [0.1, 0.15) is 0 Å². The smallest absolute Gasteiger partial charge is 0.0720 e. The standard InChI is InChI=1S/C25H31NO2S/c27-29-19-25(23-8-4-5-9-24(23)29)12-14-26(15-13-25)17-21-10-11-22(16-21)28-18-20-6-2-1-3-7-20/h1-9,21-22H,10-19H2. The third-order valence-corrected chi connectivity index (χ3v) is 8.92. The van der Waals surface area contributed by atoms with E-state index in [1.165, 1.54) is 36.9 Å². The van der Waals surface area contributed by atoms with Crippen molar-refractivity contribution in [3.05, 3.63) is 65.7 Å². The second-order valence-corrected chi connectivity index (χ2v) is 10.6. The van der Waals surface area contributed by atoms with Crippen LogP contribution in [0.15, 0.2) is 59.5 Å². The molecular formula is C25H31NO2S. The van der Waals surface area contributed by atoms with Crippen LogP contribution >= 0.6 is 0 Å². The number of benzene rings is 2. The van der Waals surface area contributed by atoms with Gasteiger partial charge in [0.05, 0.1) is 23.5 Å². The fourth-order valence-electron chi connectivity index (χ4n) is 5.59. The minimum atomic E-state index is -0.808. The molecule has 2 aromatic rings. The largest absolute Gasteiger partial charge is 0.374 e. The van der Waals surface area contributed by atoms with Crippen molar-refractivity contribution in [2.45, 2.75) is 55.1 Å². The predicted molar refractivity (Wildman–Crippen MR) is 117 cm³/mol. The Hall–Kier alpha value is -1.49. The average molecular weight is 410 g/mol. The maximum atomic E-state index is 12.6. The molecule has 2 heterocycles. The van der Waals surface area contributed by atoms with Gasteiger partial charge in [0.25, 0.3) is 0 Å². The van der Waals surface area contributed by atoms with E-state index in [1.54, 1.807) is 0 Å². The van der Waals surface area contributed by atoms with Gasteiger partial charge in [-0.3, -0.25) is 4.21 Å². The van der Waals surface area contributed by atoms with Gasteiger partial charge in [-0.25, -0.2) is 0 Å². The number of likely N-dealkylation sites (tertiary alicyclic amines) is 1. The molecule has 1 saturated heterocycles. The summed E-state index contributed by atoms with van der Waals surface area (Å²) in [5.74, 6) is 1.59. The Kier molecular flexibility index (Phi) is 5.59. The fourth-order valence-corrected chi connectivity index (χ4v) is 7.45. The molecule has 154 valence electrons. The van der Waals surface area contributed by atoms with Crippen LogP contribution in [0.25, 0.3) is 0 Å². The van der Waals surface area contributed by atoms with Crippen molar-refractivity contribution < 1.29 is 8.95 Å². The van der Waals surface area contributed by atoms with Crippen LogP contribution < -0.4 is 0 Å². The van der Waals surface area contributed by atoms with E-state index in [-0.39, 0.29) is 5.41 Å². The summed E-state index contributed by atoms with van der Waals surface area (Å²) >= 11 is 0. The SMILES string of the molecule is O=S1CC2(CCN(CC3CCC(OCc4ccccc4)C3)CC2)c2ccccc21. The van der Waals surface area contributed by atoms with E-state index in [9.17, 15) is 4.21 Å². The fraction of sp³-hybridized carbons (Fsp3) is 0.520. The average Bonchev–Trinajstić information content (AvgIpc) is 3.32. The summed E-state index contributed by atoms with van der Waals surface area (Å²) in [5.41, 5.74) is 2.80. The maximum Gasteiger partial charge on any atom is 0.0720 e. The van der Waals surface area contributed by atoms with Crippen LogP contribution in [0.4, 0.5) is 0 Å². The summed E-state index contributed by atoms with van der Waals surface area (Å²) < 4.78 is 18.8. The number of nitrogens with zero attached hydrogens (tertiary/aromatic N) is 1. The molecule has 3 nitrogen and oxygen atoms in total. The molecule has 0 bridgehead atoms. The normalized spacial score (nSPS) is 28.6. The minimum absolute atomic E-state index is 0.162. The van der Waals surface area contributed by atoms with E-state index in [2.05, 4.69) is 53.4 Å². The Labute approximate surface area is 176 Å². The molecule has 3 unspecified atom stereocenters. The van der Waals surface area contributed by atoms with Crippen LogP contribution in [0, 0.1) is 5.92 Å². The quantitative estimate of drug-likeness (QED) is 0.727. The first-order chi connectivity index (χ1) is 14.2. The highest BCUT2D eigenvalue weighted by Gasteiger charge is 2.44. The van der Waals surface area contributed by atoms with Crippen molar-refractivity contribution in [1.29, 1.82) is 0 Å². The lowest BCUT2D eigenvalue weighted by Crippen LogP contribution is -2.44. The minimum Gasteiger partial charge on any atom is -0.374 e. The molecule has 0 radical (unpaired) electrons. The lowest BCUT2D eigenvalue weighted by atomic mass is 9.74. The lowest BCUT2D eigenvalue weighted by Gasteiger charge is -2.40. The molecule has 3 atom stereocenters. The molecule has 2 fully saturated rings. The molecule has 0 aromatic heterocycles. The van der Waals surface area contributed by atoms with Crippen LogP contribution in [0.1, 0.15) is 43.2 Å². The van der Waals surface area contributed by atoms with E-state index < -0.39 is 10.8 Å². The van der Waals surface area contributed by atoms with Gasteiger partial charge in [-0.05, 0) is 68.3 Å². The molecule has 3 aliphatic rings. The van der Waals surface area contributed by atoms with Gasteiger partial charge in [0.15, 0.2) is 0 Å². The molecule has 2 aliphatic heterocycles. The Morgan fingerprint density at radius 2 is 1.76 bits per heavy atom. The van der Waals surface area contributed by atoms with E-state index in [4.69, 9.17) is 4.74 Å². The molecule has 2 aromatic carbocycles. The second-order valence-electron chi connectivity index (χ2n) is 9.16. The molecule has 29 heavy (non-hydrogen) atoms. The highest BCUT2D eigenvalue weighted by Crippen LogP contribution is 2.45. The predicted octanol–water partition coefficient (Wildman–Crippen LogP) is 4.53. The van der Waals surface area contributed by atoms with Crippen molar-refractivity contribution in [3.63, 3.8) is 0 Å². The molecule has 1 spiro atoms. The number of hydrogen-bond donors (Lipinski definition) is 0. The van der Waals surface area contributed by atoms with Gasteiger partial charge in [0, 0.05) is 22.6 Å². The number of fused-ring (bicyclic) bond motifs is 2. The summed E-state index contributed by atoms with van der Waals surface area (Å²) in [6.45, 7) is 4.21. The highest BCUT2D eigenvalue weighted by molar-refractivity contribution is 7.85. The summed E-state index contributed by atoms with van der Waals surface area (Å²) in [4.78, 5) is 3.74. The molecule has 1 aliphatic carbocycles. The summed E-state index contributed by atoms with van der Waals surface area (Å²) in [7, 11) is -0.808.